The molecule has 120 valence electrons. The molecule has 0 aromatic carbocycles. The summed E-state index contributed by atoms with van der Waals surface area (Å²) >= 11 is 0. The molecule has 3 heterocycles. The van der Waals surface area contributed by atoms with Crippen molar-refractivity contribution in [1.29, 1.82) is 0 Å². The first kappa shape index (κ1) is 15.1. The van der Waals surface area contributed by atoms with Gasteiger partial charge in [0.1, 0.15) is 6.10 Å². The third-order valence-corrected chi connectivity index (χ3v) is 3.56. The van der Waals surface area contributed by atoms with Gasteiger partial charge in [-0.05, 0) is 12.1 Å². The predicted molar refractivity (Wildman–Crippen MR) is 83.3 cm³/mol. The van der Waals surface area contributed by atoms with E-state index in [1.54, 1.807) is 29.4 Å². The molecule has 1 saturated heterocycles. The minimum atomic E-state index is -0.175. The second kappa shape index (κ2) is 6.55. The number of nitrogens with zero attached hydrogens (tertiary/aromatic N) is 6. The van der Waals surface area contributed by atoms with Gasteiger partial charge < -0.3 is 14.5 Å². The molecule has 0 N–H and O–H groups in total. The number of hydrogen-bond donors (Lipinski definition) is 0. The second-order valence-corrected chi connectivity index (χ2v) is 5.48. The molecule has 0 saturated carbocycles. The van der Waals surface area contributed by atoms with Crippen molar-refractivity contribution in [3.05, 3.63) is 36.4 Å². The molecule has 1 aliphatic rings. The third-order valence-electron chi connectivity index (χ3n) is 3.56. The molecule has 8 nitrogen and oxygen atoms in total. The molecule has 2 aromatic heterocycles. The van der Waals surface area contributed by atoms with Gasteiger partial charge in [-0.1, -0.05) is 0 Å². The van der Waals surface area contributed by atoms with Crippen molar-refractivity contribution in [2.24, 2.45) is 0 Å². The summed E-state index contributed by atoms with van der Waals surface area (Å²) in [6, 6.07) is 5.31. The molecule has 3 rings (SSSR count). The number of aromatic nitrogens is 4. The summed E-state index contributed by atoms with van der Waals surface area (Å²) in [6.07, 6.45) is 3.77. The molecule has 23 heavy (non-hydrogen) atoms. The van der Waals surface area contributed by atoms with Gasteiger partial charge in [0.25, 0.3) is 5.91 Å². The summed E-state index contributed by atoms with van der Waals surface area (Å²) in [6.45, 7) is 1.11. The fourth-order valence-corrected chi connectivity index (χ4v) is 2.34. The number of amides is 1. The van der Waals surface area contributed by atoms with Gasteiger partial charge in [0, 0.05) is 45.5 Å². The Kier molecular flexibility index (Phi) is 4.31. The van der Waals surface area contributed by atoms with Crippen LogP contribution in [0.1, 0.15) is 17.0 Å². The van der Waals surface area contributed by atoms with Gasteiger partial charge >= 0.3 is 0 Å². The highest BCUT2D eigenvalue weighted by molar-refractivity contribution is 5.90. The Labute approximate surface area is 134 Å². The van der Waals surface area contributed by atoms with E-state index in [9.17, 15) is 4.79 Å². The maximum atomic E-state index is 12.3. The molecule has 0 unspecified atom stereocenters. The molecule has 0 spiro atoms. The van der Waals surface area contributed by atoms with Crippen LogP contribution in [0.3, 0.4) is 0 Å². The zero-order chi connectivity index (χ0) is 16.2. The lowest BCUT2D eigenvalue weighted by Gasteiger charge is -2.16. The highest BCUT2D eigenvalue weighted by Gasteiger charge is 2.29. The van der Waals surface area contributed by atoms with Crippen molar-refractivity contribution in [2.75, 3.05) is 32.1 Å². The van der Waals surface area contributed by atoms with Crippen LogP contribution in [-0.2, 0) is 0 Å². The number of ether oxygens (including phenoxy) is 1. The van der Waals surface area contributed by atoms with E-state index in [1.807, 2.05) is 25.1 Å². The van der Waals surface area contributed by atoms with Crippen molar-refractivity contribution in [1.82, 2.24) is 25.1 Å². The third kappa shape index (κ3) is 3.53. The van der Waals surface area contributed by atoms with Crippen LogP contribution in [0.4, 0.5) is 5.82 Å². The molecule has 1 amide bonds. The Balaban J connectivity index is 1.58. The molecular weight excluding hydrogens is 296 g/mol. The maximum absolute atomic E-state index is 12.3. The molecule has 2 aromatic rings. The van der Waals surface area contributed by atoms with E-state index in [-0.39, 0.29) is 17.8 Å². The largest absolute Gasteiger partial charge is 0.471 e. The van der Waals surface area contributed by atoms with Crippen molar-refractivity contribution in [3.8, 4) is 5.88 Å². The predicted octanol–water partition coefficient (Wildman–Crippen LogP) is 0.626. The lowest BCUT2D eigenvalue weighted by molar-refractivity contribution is 0.0759. The SMILES string of the molecule is CN(C)c1ccc(O[C@@H]2CCN(C(=O)c3ncccn3)C2)nn1. The molecule has 1 fully saturated rings. The Morgan fingerprint density at radius 3 is 2.70 bits per heavy atom. The zero-order valence-corrected chi connectivity index (χ0v) is 13.1. The van der Waals surface area contributed by atoms with Gasteiger partial charge in [0.05, 0.1) is 6.54 Å². The molecule has 1 atom stereocenters. The smallest absolute Gasteiger partial charge is 0.291 e. The maximum Gasteiger partial charge on any atom is 0.291 e. The quantitative estimate of drug-likeness (QED) is 0.818. The highest BCUT2D eigenvalue weighted by atomic mass is 16.5. The molecule has 8 heteroatoms. The minimum Gasteiger partial charge on any atom is -0.471 e. The van der Waals surface area contributed by atoms with Crippen LogP contribution in [0.25, 0.3) is 0 Å². The average molecular weight is 314 g/mol. The lowest BCUT2D eigenvalue weighted by Crippen LogP contribution is -2.32. The standard InChI is InChI=1S/C15H18N6O2/c1-20(2)12-4-5-13(19-18-12)23-11-6-9-21(10-11)15(22)14-16-7-3-8-17-14/h3-5,7-8,11H,6,9-10H2,1-2H3/t11-/m1/s1. The fourth-order valence-electron chi connectivity index (χ4n) is 2.34. The van der Waals surface area contributed by atoms with Crippen LogP contribution in [0.15, 0.2) is 30.6 Å². The Hall–Kier alpha value is -2.77. The van der Waals surface area contributed by atoms with E-state index in [2.05, 4.69) is 20.2 Å². The van der Waals surface area contributed by atoms with E-state index in [4.69, 9.17) is 4.74 Å². The monoisotopic (exact) mass is 314 g/mol. The molecule has 0 bridgehead atoms. The molecule has 0 radical (unpaired) electrons. The van der Waals surface area contributed by atoms with E-state index >= 15 is 0 Å². The number of hydrogen-bond acceptors (Lipinski definition) is 7. The van der Waals surface area contributed by atoms with Gasteiger partial charge in [-0.2, -0.15) is 0 Å². The van der Waals surface area contributed by atoms with Crippen LogP contribution in [0.2, 0.25) is 0 Å². The van der Waals surface area contributed by atoms with Crippen molar-refractivity contribution in [2.45, 2.75) is 12.5 Å². The van der Waals surface area contributed by atoms with E-state index in [0.717, 1.165) is 12.2 Å². The van der Waals surface area contributed by atoms with Gasteiger partial charge in [-0.25, -0.2) is 9.97 Å². The van der Waals surface area contributed by atoms with Gasteiger partial charge in [0.15, 0.2) is 5.82 Å². The molecular formula is C15H18N6O2. The Bertz CT molecular complexity index is 661. The highest BCUT2D eigenvalue weighted by Crippen LogP contribution is 2.18. The normalized spacial score (nSPS) is 17.1. The minimum absolute atomic E-state index is 0.0952. The summed E-state index contributed by atoms with van der Waals surface area (Å²) in [7, 11) is 3.80. The summed E-state index contributed by atoms with van der Waals surface area (Å²) in [4.78, 5) is 23.8. The van der Waals surface area contributed by atoms with Gasteiger partial charge in [-0.3, -0.25) is 4.79 Å². The van der Waals surface area contributed by atoms with Crippen LogP contribution >= 0.6 is 0 Å². The Morgan fingerprint density at radius 1 is 1.26 bits per heavy atom. The van der Waals surface area contributed by atoms with Crippen molar-refractivity contribution >= 4 is 11.7 Å². The van der Waals surface area contributed by atoms with Gasteiger partial charge in [-0.15, -0.1) is 10.2 Å². The summed E-state index contributed by atoms with van der Waals surface area (Å²) in [5.74, 6) is 1.27. The number of anilines is 1. The lowest BCUT2D eigenvalue weighted by atomic mass is 10.3. The number of rotatable bonds is 4. The molecule has 0 aliphatic carbocycles. The summed E-state index contributed by atoms with van der Waals surface area (Å²) in [5, 5.41) is 8.12. The van der Waals surface area contributed by atoms with Gasteiger partial charge in [0.2, 0.25) is 11.7 Å². The summed E-state index contributed by atoms with van der Waals surface area (Å²) < 4.78 is 5.80. The van der Waals surface area contributed by atoms with E-state index < -0.39 is 0 Å². The number of carbonyl (C=O) groups is 1. The van der Waals surface area contributed by atoms with E-state index in [0.29, 0.717) is 19.0 Å². The fraction of sp³-hybridized carbons (Fsp3) is 0.400. The van der Waals surface area contributed by atoms with Crippen LogP contribution in [0.5, 0.6) is 5.88 Å². The Morgan fingerprint density at radius 2 is 2.04 bits per heavy atom. The van der Waals surface area contributed by atoms with Crippen LogP contribution in [0, 0.1) is 0 Å². The number of carbonyl (C=O) groups excluding carboxylic acids is 1. The van der Waals surface area contributed by atoms with E-state index in [1.165, 1.54) is 0 Å². The first-order chi connectivity index (χ1) is 11.1. The van der Waals surface area contributed by atoms with Crippen molar-refractivity contribution in [3.63, 3.8) is 0 Å². The van der Waals surface area contributed by atoms with Crippen molar-refractivity contribution < 1.29 is 9.53 Å². The summed E-state index contributed by atoms with van der Waals surface area (Å²) in [5.41, 5.74) is 0. The second-order valence-electron chi connectivity index (χ2n) is 5.48. The number of likely N-dealkylation sites (tertiary alicyclic amines) is 1. The van der Waals surface area contributed by atoms with Crippen LogP contribution < -0.4 is 9.64 Å². The first-order valence-corrected chi connectivity index (χ1v) is 7.37. The first-order valence-electron chi connectivity index (χ1n) is 7.37. The average Bonchev–Trinajstić information content (AvgIpc) is 3.04. The molecule has 1 aliphatic heterocycles. The van der Waals surface area contributed by atoms with Crippen LogP contribution in [-0.4, -0.2) is 64.3 Å². The topological polar surface area (TPSA) is 84.3 Å². The zero-order valence-electron chi connectivity index (χ0n) is 13.1.